The number of carbonyl (C=O) groups excluding carboxylic acids is 1. The minimum absolute atomic E-state index is 0.405. The summed E-state index contributed by atoms with van der Waals surface area (Å²) in [4.78, 5) is 15.8. The van der Waals surface area contributed by atoms with Crippen LogP contribution in [-0.2, 0) is 11.2 Å². The van der Waals surface area contributed by atoms with Crippen molar-refractivity contribution in [1.82, 2.24) is 10.3 Å². The minimum atomic E-state index is -1.14. The van der Waals surface area contributed by atoms with E-state index in [1.807, 2.05) is 12.1 Å². The monoisotopic (exact) mass is 290 g/mol. The van der Waals surface area contributed by atoms with Crippen LogP contribution in [-0.4, -0.2) is 22.5 Å². The molecule has 20 heavy (non-hydrogen) atoms. The van der Waals surface area contributed by atoms with Gasteiger partial charge in [-0.3, -0.25) is 4.79 Å². The molecule has 5 heteroatoms. The van der Waals surface area contributed by atoms with Gasteiger partial charge in [-0.15, -0.1) is 0 Å². The second-order valence-electron chi connectivity index (χ2n) is 4.34. The summed E-state index contributed by atoms with van der Waals surface area (Å²) in [7, 11) is 0. The Morgan fingerprint density at radius 2 is 2.00 bits per heavy atom. The highest BCUT2D eigenvalue weighted by atomic mass is 35.5. The predicted molar refractivity (Wildman–Crippen MR) is 77.4 cm³/mol. The summed E-state index contributed by atoms with van der Waals surface area (Å²) in [5, 5.41) is 13.0. The Bertz CT molecular complexity index is 558. The molecule has 2 rings (SSSR count). The quantitative estimate of drug-likeness (QED) is 0.829. The molecule has 1 aromatic carbocycles. The normalized spacial score (nSPS) is 11.9. The SMILES string of the molecule is O=C(NCCc1ccc(Cl)nc1)C(O)c1ccccc1. The maximum Gasteiger partial charge on any atom is 0.253 e. The zero-order valence-electron chi connectivity index (χ0n) is 10.8. The predicted octanol–water partition coefficient (Wildman–Crippen LogP) is 2.13. The molecule has 1 unspecified atom stereocenters. The Kier molecular flexibility index (Phi) is 5.09. The fraction of sp³-hybridized carbons (Fsp3) is 0.200. The van der Waals surface area contributed by atoms with E-state index in [0.717, 1.165) is 5.56 Å². The number of benzene rings is 1. The lowest BCUT2D eigenvalue weighted by atomic mass is 10.1. The molecule has 0 aliphatic rings. The number of nitrogens with one attached hydrogen (secondary N) is 1. The van der Waals surface area contributed by atoms with Gasteiger partial charge >= 0.3 is 0 Å². The zero-order chi connectivity index (χ0) is 14.4. The Hall–Kier alpha value is -1.91. The Balaban J connectivity index is 1.82. The van der Waals surface area contributed by atoms with E-state index in [2.05, 4.69) is 10.3 Å². The number of nitrogens with zero attached hydrogens (tertiary/aromatic N) is 1. The summed E-state index contributed by atoms with van der Waals surface area (Å²) in [5.74, 6) is -0.405. The number of hydrogen-bond acceptors (Lipinski definition) is 3. The second-order valence-corrected chi connectivity index (χ2v) is 4.73. The molecule has 0 aliphatic carbocycles. The number of amides is 1. The van der Waals surface area contributed by atoms with Gasteiger partial charge in [0, 0.05) is 12.7 Å². The molecule has 0 spiro atoms. The van der Waals surface area contributed by atoms with Gasteiger partial charge in [-0.05, 0) is 23.6 Å². The van der Waals surface area contributed by atoms with Gasteiger partial charge in [0.25, 0.3) is 5.91 Å². The van der Waals surface area contributed by atoms with Gasteiger partial charge in [-0.2, -0.15) is 0 Å². The van der Waals surface area contributed by atoms with Crippen molar-refractivity contribution >= 4 is 17.5 Å². The fourth-order valence-electron chi connectivity index (χ4n) is 1.77. The van der Waals surface area contributed by atoms with Gasteiger partial charge in [-0.25, -0.2) is 4.98 Å². The smallest absolute Gasteiger partial charge is 0.253 e. The van der Waals surface area contributed by atoms with Crippen molar-refractivity contribution in [2.24, 2.45) is 0 Å². The maximum atomic E-state index is 11.8. The Morgan fingerprint density at radius 1 is 1.25 bits per heavy atom. The van der Waals surface area contributed by atoms with Crippen molar-refractivity contribution in [1.29, 1.82) is 0 Å². The first-order chi connectivity index (χ1) is 9.66. The minimum Gasteiger partial charge on any atom is -0.378 e. The first kappa shape index (κ1) is 14.5. The average Bonchev–Trinajstić information content (AvgIpc) is 2.49. The topological polar surface area (TPSA) is 62.2 Å². The Morgan fingerprint density at radius 3 is 2.65 bits per heavy atom. The van der Waals surface area contributed by atoms with Crippen molar-refractivity contribution in [3.63, 3.8) is 0 Å². The maximum absolute atomic E-state index is 11.8. The number of carbonyl (C=O) groups is 1. The van der Waals surface area contributed by atoms with Crippen LogP contribution in [0.4, 0.5) is 0 Å². The van der Waals surface area contributed by atoms with Crippen molar-refractivity contribution in [2.75, 3.05) is 6.54 Å². The summed E-state index contributed by atoms with van der Waals surface area (Å²) in [5.41, 5.74) is 1.56. The van der Waals surface area contributed by atoms with Crippen LogP contribution in [0.15, 0.2) is 48.7 Å². The van der Waals surface area contributed by atoms with Crippen LogP contribution in [0.25, 0.3) is 0 Å². The number of pyridine rings is 1. The van der Waals surface area contributed by atoms with E-state index < -0.39 is 12.0 Å². The lowest BCUT2D eigenvalue weighted by Crippen LogP contribution is -2.30. The highest BCUT2D eigenvalue weighted by Crippen LogP contribution is 2.11. The third-order valence-corrected chi connectivity index (χ3v) is 3.09. The molecule has 1 amide bonds. The standard InChI is InChI=1S/C15H15ClN2O2/c16-13-7-6-11(10-18-13)8-9-17-15(20)14(19)12-4-2-1-3-5-12/h1-7,10,14,19H,8-9H2,(H,17,20). The van der Waals surface area contributed by atoms with Gasteiger partial charge in [0.05, 0.1) is 0 Å². The number of rotatable bonds is 5. The lowest BCUT2D eigenvalue weighted by Gasteiger charge is -2.11. The molecule has 0 fully saturated rings. The molecule has 0 bridgehead atoms. The van der Waals surface area contributed by atoms with Crippen molar-refractivity contribution in [2.45, 2.75) is 12.5 Å². The van der Waals surface area contributed by atoms with Crippen LogP contribution >= 0.6 is 11.6 Å². The summed E-state index contributed by atoms with van der Waals surface area (Å²) in [6.45, 7) is 0.437. The molecular weight excluding hydrogens is 276 g/mol. The molecule has 0 aliphatic heterocycles. The number of hydrogen-bond donors (Lipinski definition) is 2. The molecule has 2 aromatic rings. The lowest BCUT2D eigenvalue weighted by molar-refractivity contribution is -0.129. The van der Waals surface area contributed by atoms with E-state index in [9.17, 15) is 9.90 Å². The molecule has 104 valence electrons. The molecular formula is C15H15ClN2O2. The highest BCUT2D eigenvalue weighted by Gasteiger charge is 2.15. The molecule has 0 saturated carbocycles. The fourth-order valence-corrected chi connectivity index (χ4v) is 1.88. The third-order valence-electron chi connectivity index (χ3n) is 2.87. The van der Waals surface area contributed by atoms with E-state index in [0.29, 0.717) is 23.7 Å². The van der Waals surface area contributed by atoms with Crippen LogP contribution < -0.4 is 5.32 Å². The molecule has 2 N–H and O–H groups in total. The van der Waals surface area contributed by atoms with Gasteiger partial charge < -0.3 is 10.4 Å². The van der Waals surface area contributed by atoms with Crippen LogP contribution in [0.5, 0.6) is 0 Å². The van der Waals surface area contributed by atoms with E-state index in [1.54, 1.807) is 36.5 Å². The number of aliphatic hydroxyl groups is 1. The Labute approximate surface area is 122 Å². The molecule has 0 saturated heterocycles. The number of halogens is 1. The van der Waals surface area contributed by atoms with Gasteiger partial charge in [0.15, 0.2) is 6.10 Å². The first-order valence-electron chi connectivity index (χ1n) is 6.28. The van der Waals surface area contributed by atoms with Crippen LogP contribution in [0.2, 0.25) is 5.15 Å². The molecule has 1 atom stereocenters. The van der Waals surface area contributed by atoms with E-state index in [1.165, 1.54) is 0 Å². The van der Waals surface area contributed by atoms with Crippen molar-refractivity contribution < 1.29 is 9.90 Å². The molecule has 1 heterocycles. The van der Waals surface area contributed by atoms with E-state index in [-0.39, 0.29) is 0 Å². The van der Waals surface area contributed by atoms with Gasteiger partial charge in [-0.1, -0.05) is 48.0 Å². The summed E-state index contributed by atoms with van der Waals surface area (Å²) in [6.07, 6.45) is 1.17. The van der Waals surface area contributed by atoms with Crippen molar-refractivity contribution in [3.8, 4) is 0 Å². The zero-order valence-corrected chi connectivity index (χ0v) is 11.5. The summed E-state index contributed by atoms with van der Waals surface area (Å²) >= 11 is 5.69. The number of aromatic nitrogens is 1. The van der Waals surface area contributed by atoms with Gasteiger partial charge in [0.2, 0.25) is 0 Å². The first-order valence-corrected chi connectivity index (χ1v) is 6.66. The van der Waals surface area contributed by atoms with Crippen molar-refractivity contribution in [3.05, 3.63) is 64.9 Å². The molecule has 1 aromatic heterocycles. The third kappa shape index (κ3) is 4.05. The van der Waals surface area contributed by atoms with Crippen LogP contribution in [0, 0.1) is 0 Å². The van der Waals surface area contributed by atoms with Gasteiger partial charge in [0.1, 0.15) is 5.15 Å². The molecule has 4 nitrogen and oxygen atoms in total. The van der Waals surface area contributed by atoms with E-state index >= 15 is 0 Å². The average molecular weight is 291 g/mol. The summed E-state index contributed by atoms with van der Waals surface area (Å²) in [6, 6.07) is 12.4. The molecule has 0 radical (unpaired) electrons. The van der Waals surface area contributed by atoms with Crippen LogP contribution in [0.1, 0.15) is 17.2 Å². The highest BCUT2D eigenvalue weighted by molar-refractivity contribution is 6.29. The number of aliphatic hydroxyl groups excluding tert-OH is 1. The van der Waals surface area contributed by atoms with E-state index in [4.69, 9.17) is 11.6 Å². The second kappa shape index (κ2) is 7.03. The summed E-state index contributed by atoms with van der Waals surface area (Å²) < 4.78 is 0. The van der Waals surface area contributed by atoms with Crippen LogP contribution in [0.3, 0.4) is 0 Å². The largest absolute Gasteiger partial charge is 0.378 e.